The summed E-state index contributed by atoms with van der Waals surface area (Å²) in [6.07, 6.45) is -0.514. The summed E-state index contributed by atoms with van der Waals surface area (Å²) in [6, 6.07) is 9.80. The van der Waals surface area contributed by atoms with Crippen LogP contribution < -0.4 is 0 Å². The minimum atomic E-state index is -0.601. The lowest BCUT2D eigenvalue weighted by Crippen LogP contribution is -2.42. The summed E-state index contributed by atoms with van der Waals surface area (Å²) >= 11 is 0. The van der Waals surface area contributed by atoms with Crippen molar-refractivity contribution in [3.05, 3.63) is 41.5 Å². The molecule has 0 aliphatic heterocycles. The van der Waals surface area contributed by atoms with Crippen LogP contribution in [-0.2, 0) is 9.53 Å². The maximum atomic E-state index is 11.2. The monoisotopic (exact) mass is 305 g/mol. The van der Waals surface area contributed by atoms with Crippen molar-refractivity contribution in [1.29, 1.82) is 0 Å². The summed E-state index contributed by atoms with van der Waals surface area (Å²) in [6.45, 7) is 4.51. The van der Waals surface area contributed by atoms with Gasteiger partial charge in [-0.2, -0.15) is 0 Å². The Morgan fingerprint density at radius 1 is 1.27 bits per heavy atom. The van der Waals surface area contributed by atoms with Crippen LogP contribution in [0.2, 0.25) is 0 Å². The van der Waals surface area contributed by atoms with Crippen LogP contribution in [0, 0.1) is 0 Å². The molecule has 0 heterocycles. The zero-order chi connectivity index (χ0) is 16.2. The van der Waals surface area contributed by atoms with E-state index in [-0.39, 0.29) is 25.4 Å². The van der Waals surface area contributed by atoms with Crippen LogP contribution in [0.4, 0.5) is 0 Å². The standard InChI is InChI=1S/C17H23NO4/c1-13(14-6-4-3-5-7-14)22-16-15(12-21)17(16,2)18(8-10-19)9-11-20/h3-7,13,16,19-20H,8-11H2,1-2H3. The molecule has 1 aliphatic rings. The second kappa shape index (κ2) is 7.18. The highest BCUT2D eigenvalue weighted by molar-refractivity contribution is 5.70. The Bertz CT molecular complexity index is 535. The second-order valence-electron chi connectivity index (χ2n) is 5.67. The van der Waals surface area contributed by atoms with E-state index in [1.54, 1.807) is 0 Å². The molecular weight excluding hydrogens is 282 g/mol. The van der Waals surface area contributed by atoms with Gasteiger partial charge in [0, 0.05) is 13.1 Å². The number of ether oxygens (including phenoxy) is 1. The van der Waals surface area contributed by atoms with Gasteiger partial charge in [0.2, 0.25) is 0 Å². The van der Waals surface area contributed by atoms with E-state index < -0.39 is 5.54 Å². The third-order valence-corrected chi connectivity index (χ3v) is 4.35. The van der Waals surface area contributed by atoms with Crippen LogP contribution in [-0.4, -0.2) is 59.0 Å². The number of aliphatic hydroxyl groups excluding tert-OH is 2. The lowest BCUT2D eigenvalue weighted by molar-refractivity contribution is 0.00871. The largest absolute Gasteiger partial charge is 0.395 e. The number of β-amino-alcohol motifs (C(OH)–C–C–N with tert-alkyl or cyclic N) is 2. The Balaban J connectivity index is 2.12. The molecule has 3 unspecified atom stereocenters. The molecule has 0 amide bonds. The van der Waals surface area contributed by atoms with Gasteiger partial charge in [0.1, 0.15) is 12.0 Å². The van der Waals surface area contributed by atoms with E-state index in [4.69, 9.17) is 4.74 Å². The van der Waals surface area contributed by atoms with Gasteiger partial charge in [-0.05, 0) is 19.4 Å². The lowest BCUT2D eigenvalue weighted by atomic mass is 10.1. The zero-order valence-corrected chi connectivity index (χ0v) is 13.0. The molecule has 3 atom stereocenters. The van der Waals surface area contributed by atoms with Crippen molar-refractivity contribution >= 4 is 5.94 Å². The van der Waals surface area contributed by atoms with Crippen LogP contribution in [0.3, 0.4) is 0 Å². The number of aliphatic hydroxyl groups is 2. The summed E-state index contributed by atoms with van der Waals surface area (Å²) < 4.78 is 6.04. The van der Waals surface area contributed by atoms with Gasteiger partial charge < -0.3 is 14.9 Å². The van der Waals surface area contributed by atoms with Gasteiger partial charge >= 0.3 is 0 Å². The van der Waals surface area contributed by atoms with Crippen LogP contribution in [0.25, 0.3) is 0 Å². The van der Waals surface area contributed by atoms with Crippen LogP contribution in [0.1, 0.15) is 25.5 Å². The molecule has 120 valence electrons. The molecule has 0 spiro atoms. The first-order valence-electron chi connectivity index (χ1n) is 7.52. The van der Waals surface area contributed by atoms with Crippen molar-refractivity contribution in [2.24, 2.45) is 0 Å². The fourth-order valence-corrected chi connectivity index (χ4v) is 2.91. The Kier molecular flexibility index (Phi) is 5.51. The van der Waals surface area contributed by atoms with E-state index in [0.29, 0.717) is 18.7 Å². The summed E-state index contributed by atoms with van der Waals surface area (Å²) in [5.41, 5.74) is 0.978. The Hall–Kier alpha value is -1.49. The van der Waals surface area contributed by atoms with Gasteiger partial charge in [-0.25, -0.2) is 4.79 Å². The van der Waals surface area contributed by atoms with E-state index in [9.17, 15) is 15.0 Å². The van der Waals surface area contributed by atoms with Gasteiger partial charge in [-0.15, -0.1) is 0 Å². The summed E-state index contributed by atoms with van der Waals surface area (Å²) in [7, 11) is 0. The molecule has 22 heavy (non-hydrogen) atoms. The summed E-state index contributed by atoms with van der Waals surface area (Å²) in [5.74, 6) is 1.97. The van der Waals surface area contributed by atoms with Gasteiger partial charge in [0.25, 0.3) is 0 Å². The van der Waals surface area contributed by atoms with Gasteiger partial charge in [-0.3, -0.25) is 4.90 Å². The predicted octanol–water partition coefficient (Wildman–Crippen LogP) is 0.950. The van der Waals surface area contributed by atoms with Crippen molar-refractivity contribution in [3.8, 4) is 0 Å². The highest BCUT2D eigenvalue weighted by atomic mass is 16.5. The van der Waals surface area contributed by atoms with E-state index in [1.807, 2.05) is 55.0 Å². The van der Waals surface area contributed by atoms with E-state index >= 15 is 0 Å². The first-order valence-corrected chi connectivity index (χ1v) is 7.52. The van der Waals surface area contributed by atoms with Crippen molar-refractivity contribution in [2.45, 2.75) is 31.6 Å². The molecule has 2 N–H and O–H groups in total. The number of rotatable bonds is 8. The van der Waals surface area contributed by atoms with E-state index in [1.165, 1.54) is 0 Å². The molecule has 1 aliphatic carbocycles. The van der Waals surface area contributed by atoms with Crippen molar-refractivity contribution in [2.75, 3.05) is 26.3 Å². The van der Waals surface area contributed by atoms with E-state index in [2.05, 4.69) is 0 Å². The van der Waals surface area contributed by atoms with Gasteiger partial charge in [0.05, 0.1) is 30.4 Å². The number of carbonyl (C=O) groups excluding carboxylic acids is 1. The summed E-state index contributed by atoms with van der Waals surface area (Å²) in [4.78, 5) is 13.1. The first-order chi connectivity index (χ1) is 10.6. The topological polar surface area (TPSA) is 70.0 Å². The minimum absolute atomic E-state index is 0.0390. The van der Waals surface area contributed by atoms with Gasteiger partial charge in [-0.1, -0.05) is 30.3 Å². The Morgan fingerprint density at radius 2 is 1.86 bits per heavy atom. The van der Waals surface area contributed by atoms with Crippen molar-refractivity contribution in [3.63, 3.8) is 0 Å². The lowest BCUT2D eigenvalue weighted by Gasteiger charge is -2.28. The van der Waals surface area contributed by atoms with Crippen LogP contribution in [0.5, 0.6) is 0 Å². The molecule has 0 radical (unpaired) electrons. The third-order valence-electron chi connectivity index (χ3n) is 4.35. The van der Waals surface area contributed by atoms with Crippen molar-refractivity contribution < 1.29 is 19.7 Å². The molecule has 1 aromatic carbocycles. The zero-order valence-electron chi connectivity index (χ0n) is 13.0. The number of hydrogen-bond donors (Lipinski definition) is 2. The molecule has 1 fully saturated rings. The smallest absolute Gasteiger partial charge is 0.128 e. The fraction of sp³-hybridized carbons (Fsp3) is 0.529. The highest BCUT2D eigenvalue weighted by Gasteiger charge is 2.63. The normalized spacial score (nSPS) is 25.1. The predicted molar refractivity (Wildman–Crippen MR) is 83.1 cm³/mol. The highest BCUT2D eigenvalue weighted by Crippen LogP contribution is 2.50. The van der Waals surface area contributed by atoms with E-state index in [0.717, 1.165) is 5.56 Å². The molecule has 2 rings (SSSR count). The molecule has 0 aromatic heterocycles. The van der Waals surface area contributed by atoms with Crippen LogP contribution >= 0.6 is 0 Å². The first kappa shape index (κ1) is 16.9. The molecule has 0 bridgehead atoms. The Morgan fingerprint density at radius 3 is 2.36 bits per heavy atom. The second-order valence-corrected chi connectivity index (χ2v) is 5.67. The maximum Gasteiger partial charge on any atom is 0.128 e. The number of nitrogens with zero attached hydrogens (tertiary/aromatic N) is 1. The molecule has 1 saturated carbocycles. The number of benzene rings is 1. The molecule has 0 saturated heterocycles. The van der Waals surface area contributed by atoms with Crippen molar-refractivity contribution in [1.82, 2.24) is 4.90 Å². The average Bonchev–Trinajstić information content (AvgIpc) is 3.12. The minimum Gasteiger partial charge on any atom is -0.395 e. The third kappa shape index (κ3) is 3.14. The fourth-order valence-electron chi connectivity index (χ4n) is 2.91. The molecular formula is C17H23NO4. The van der Waals surface area contributed by atoms with Gasteiger partial charge in [0.15, 0.2) is 0 Å². The molecule has 1 aromatic rings. The quantitative estimate of drug-likeness (QED) is 0.700. The number of hydrogen-bond acceptors (Lipinski definition) is 5. The average molecular weight is 305 g/mol. The molecule has 5 nitrogen and oxygen atoms in total. The SMILES string of the molecule is CC(OC1C(=C=O)C1(C)N(CCO)CCO)c1ccccc1. The summed E-state index contributed by atoms with van der Waals surface area (Å²) in [5, 5.41) is 18.4. The van der Waals surface area contributed by atoms with Crippen LogP contribution in [0.15, 0.2) is 35.9 Å². The Labute approximate surface area is 130 Å². The molecule has 5 heteroatoms. The maximum absolute atomic E-state index is 11.2.